The summed E-state index contributed by atoms with van der Waals surface area (Å²) >= 11 is 0. The number of anilines is 1. The van der Waals surface area contributed by atoms with E-state index in [1.807, 2.05) is 36.4 Å². The maximum atomic E-state index is 12.0. The van der Waals surface area contributed by atoms with Gasteiger partial charge in [-0.25, -0.2) is 0 Å². The van der Waals surface area contributed by atoms with Crippen molar-refractivity contribution in [3.63, 3.8) is 0 Å². The molecular formula is C19H14N2O4. The second-order valence-corrected chi connectivity index (χ2v) is 5.52. The van der Waals surface area contributed by atoms with Crippen LogP contribution in [0.3, 0.4) is 0 Å². The van der Waals surface area contributed by atoms with Crippen LogP contribution in [0.5, 0.6) is 5.75 Å². The van der Waals surface area contributed by atoms with Crippen molar-refractivity contribution >= 4 is 33.5 Å². The van der Waals surface area contributed by atoms with Gasteiger partial charge in [0.2, 0.25) is 5.43 Å². The molecule has 25 heavy (non-hydrogen) atoms. The van der Waals surface area contributed by atoms with Crippen LogP contribution in [0.25, 0.3) is 21.9 Å². The number of hydrogen-bond acceptors (Lipinski definition) is 4. The van der Waals surface area contributed by atoms with Crippen molar-refractivity contribution in [2.45, 2.75) is 0 Å². The van der Waals surface area contributed by atoms with Crippen molar-refractivity contribution in [3.05, 3.63) is 71.1 Å². The lowest BCUT2D eigenvalue weighted by atomic mass is 10.1. The molecule has 0 saturated carbocycles. The molecule has 1 amide bonds. The minimum Gasteiger partial charge on any atom is -0.484 e. The highest BCUT2D eigenvalue weighted by atomic mass is 16.5. The number of pyridine rings is 1. The number of H-pyrrole nitrogens is 1. The van der Waals surface area contributed by atoms with E-state index in [0.29, 0.717) is 5.75 Å². The molecule has 2 aromatic carbocycles. The summed E-state index contributed by atoms with van der Waals surface area (Å²) in [6.45, 7) is -0.199. The van der Waals surface area contributed by atoms with Crippen LogP contribution in [0.1, 0.15) is 0 Å². The first-order chi connectivity index (χ1) is 12.2. The number of amides is 1. The highest BCUT2D eigenvalue weighted by Gasteiger charge is 2.09. The smallest absolute Gasteiger partial charge is 0.262 e. The van der Waals surface area contributed by atoms with Crippen LogP contribution in [0.15, 0.2) is 70.1 Å². The number of ether oxygens (including phenoxy) is 1. The van der Waals surface area contributed by atoms with Crippen molar-refractivity contribution < 1.29 is 13.9 Å². The van der Waals surface area contributed by atoms with Gasteiger partial charge in [0.25, 0.3) is 5.91 Å². The summed E-state index contributed by atoms with van der Waals surface area (Å²) in [7, 11) is 0. The van der Waals surface area contributed by atoms with Crippen LogP contribution in [0.4, 0.5) is 5.69 Å². The second kappa shape index (κ2) is 6.16. The van der Waals surface area contributed by atoms with Crippen LogP contribution >= 0.6 is 0 Å². The fraction of sp³-hybridized carbons (Fsp3) is 0.0526. The number of fused-ring (bicyclic) bond motifs is 3. The third-order valence-corrected chi connectivity index (χ3v) is 3.82. The first-order valence-corrected chi connectivity index (χ1v) is 7.72. The molecule has 124 valence electrons. The van der Waals surface area contributed by atoms with E-state index in [1.165, 1.54) is 18.5 Å². The Labute approximate surface area is 142 Å². The molecule has 0 aliphatic heterocycles. The Morgan fingerprint density at radius 2 is 1.92 bits per heavy atom. The average Bonchev–Trinajstić information content (AvgIpc) is 3.00. The van der Waals surface area contributed by atoms with Crippen LogP contribution in [0, 0.1) is 0 Å². The summed E-state index contributed by atoms with van der Waals surface area (Å²) < 4.78 is 11.3. The van der Waals surface area contributed by atoms with E-state index in [-0.39, 0.29) is 17.7 Å². The number of furan rings is 1. The Morgan fingerprint density at radius 3 is 2.80 bits per heavy atom. The zero-order valence-corrected chi connectivity index (χ0v) is 13.1. The third-order valence-electron chi connectivity index (χ3n) is 3.82. The number of carbonyl (C=O) groups excluding carboxylic acids is 1. The molecule has 0 saturated heterocycles. The Morgan fingerprint density at radius 1 is 1.08 bits per heavy atom. The zero-order valence-electron chi connectivity index (χ0n) is 13.1. The van der Waals surface area contributed by atoms with Gasteiger partial charge in [-0.1, -0.05) is 18.2 Å². The topological polar surface area (TPSA) is 84.3 Å². The second-order valence-electron chi connectivity index (χ2n) is 5.52. The summed E-state index contributed by atoms with van der Waals surface area (Å²) in [5, 5.41) is 4.43. The van der Waals surface area contributed by atoms with Crippen LogP contribution in [-0.4, -0.2) is 17.5 Å². The van der Waals surface area contributed by atoms with E-state index in [2.05, 4.69) is 10.3 Å². The van der Waals surface area contributed by atoms with Crippen molar-refractivity contribution in [2.24, 2.45) is 0 Å². The average molecular weight is 334 g/mol. The van der Waals surface area contributed by atoms with Crippen molar-refractivity contribution in [1.29, 1.82) is 0 Å². The Bertz CT molecular complexity index is 1130. The van der Waals surface area contributed by atoms with E-state index in [0.717, 1.165) is 21.9 Å². The minimum atomic E-state index is -0.408. The van der Waals surface area contributed by atoms with E-state index in [9.17, 15) is 9.59 Å². The Hall–Kier alpha value is -3.54. The van der Waals surface area contributed by atoms with Crippen LogP contribution in [-0.2, 0) is 4.79 Å². The summed E-state index contributed by atoms with van der Waals surface area (Å²) in [6.07, 6.45) is 2.93. The van der Waals surface area contributed by atoms with E-state index in [4.69, 9.17) is 9.15 Å². The van der Waals surface area contributed by atoms with Gasteiger partial charge in [-0.2, -0.15) is 0 Å². The van der Waals surface area contributed by atoms with Crippen molar-refractivity contribution in [3.8, 4) is 5.75 Å². The molecule has 0 atom stereocenters. The molecule has 0 aliphatic carbocycles. The molecule has 0 spiro atoms. The number of benzene rings is 2. The van der Waals surface area contributed by atoms with E-state index >= 15 is 0 Å². The van der Waals surface area contributed by atoms with Gasteiger partial charge in [-0.15, -0.1) is 0 Å². The molecule has 0 radical (unpaired) electrons. The monoisotopic (exact) mass is 334 g/mol. The number of nitrogens with one attached hydrogen (secondary N) is 2. The molecule has 2 N–H and O–H groups in total. The van der Waals surface area contributed by atoms with Crippen LogP contribution < -0.4 is 15.5 Å². The van der Waals surface area contributed by atoms with Crippen molar-refractivity contribution in [2.75, 3.05) is 11.9 Å². The SMILES string of the molecule is O=C(COc1ccc2oc3ccccc3c2c1)Nc1c[nH]ccc1=O. The lowest BCUT2D eigenvalue weighted by molar-refractivity contribution is -0.118. The lowest BCUT2D eigenvalue weighted by Gasteiger charge is -2.07. The van der Waals surface area contributed by atoms with Gasteiger partial charge in [0, 0.05) is 29.2 Å². The molecule has 2 heterocycles. The Balaban J connectivity index is 1.51. The molecule has 2 aromatic heterocycles. The van der Waals surface area contributed by atoms with Crippen molar-refractivity contribution in [1.82, 2.24) is 4.98 Å². The molecule has 4 rings (SSSR count). The number of hydrogen-bond donors (Lipinski definition) is 2. The predicted octanol–water partition coefficient (Wildman–Crippen LogP) is 3.29. The number of carbonyl (C=O) groups is 1. The quantitative estimate of drug-likeness (QED) is 0.600. The number of aromatic nitrogens is 1. The van der Waals surface area contributed by atoms with Gasteiger partial charge < -0.3 is 19.5 Å². The van der Waals surface area contributed by atoms with E-state index in [1.54, 1.807) is 6.07 Å². The third kappa shape index (κ3) is 2.97. The Kier molecular flexibility index (Phi) is 3.70. The summed E-state index contributed by atoms with van der Waals surface area (Å²) in [6, 6.07) is 14.5. The van der Waals surface area contributed by atoms with E-state index < -0.39 is 5.91 Å². The minimum absolute atomic E-state index is 0.187. The van der Waals surface area contributed by atoms with Gasteiger partial charge in [0.1, 0.15) is 22.6 Å². The lowest BCUT2D eigenvalue weighted by Crippen LogP contribution is -2.23. The van der Waals surface area contributed by atoms with Gasteiger partial charge in [0.15, 0.2) is 6.61 Å². The number of rotatable bonds is 4. The molecular weight excluding hydrogens is 320 g/mol. The highest BCUT2D eigenvalue weighted by molar-refractivity contribution is 6.05. The number of aromatic amines is 1. The normalized spacial score (nSPS) is 10.9. The maximum absolute atomic E-state index is 12.0. The standard InChI is InChI=1S/C19H14N2O4/c22-16-7-8-20-10-15(16)21-19(23)11-24-12-5-6-18-14(9-12)13-3-1-2-4-17(13)25-18/h1-10H,11H2,(H,20,22)(H,21,23). The summed E-state index contributed by atoms with van der Waals surface area (Å²) in [5.41, 5.74) is 1.48. The molecule has 6 heteroatoms. The maximum Gasteiger partial charge on any atom is 0.262 e. The molecule has 6 nitrogen and oxygen atoms in total. The van der Waals surface area contributed by atoms with Crippen LogP contribution in [0.2, 0.25) is 0 Å². The predicted molar refractivity (Wildman–Crippen MR) is 94.9 cm³/mol. The fourth-order valence-corrected chi connectivity index (χ4v) is 2.64. The molecule has 4 aromatic rings. The summed E-state index contributed by atoms with van der Waals surface area (Å²) in [4.78, 5) is 26.3. The van der Waals surface area contributed by atoms with Gasteiger partial charge in [-0.3, -0.25) is 9.59 Å². The molecule has 0 aliphatic rings. The molecule has 0 bridgehead atoms. The van der Waals surface area contributed by atoms with Gasteiger partial charge in [-0.05, 0) is 24.3 Å². The first-order valence-electron chi connectivity index (χ1n) is 7.72. The molecule has 0 unspecified atom stereocenters. The largest absolute Gasteiger partial charge is 0.484 e. The zero-order chi connectivity index (χ0) is 17.2. The molecule has 0 fully saturated rings. The number of para-hydroxylation sites is 1. The highest BCUT2D eigenvalue weighted by Crippen LogP contribution is 2.31. The van der Waals surface area contributed by atoms with Gasteiger partial charge in [0.05, 0.1) is 0 Å². The first kappa shape index (κ1) is 15.0. The fourth-order valence-electron chi connectivity index (χ4n) is 2.64. The van der Waals surface area contributed by atoms with Gasteiger partial charge >= 0.3 is 0 Å². The summed E-state index contributed by atoms with van der Waals surface area (Å²) in [5.74, 6) is 0.144.